The number of aliphatic carboxylic acids is 1. The Kier molecular flexibility index (Phi) is 7.86. The molecule has 2 aromatic carbocycles. The summed E-state index contributed by atoms with van der Waals surface area (Å²) >= 11 is 3.41. The van der Waals surface area contributed by atoms with Crippen LogP contribution in [0.25, 0.3) is 10.9 Å². The molecule has 0 aliphatic heterocycles. The van der Waals surface area contributed by atoms with E-state index in [0.29, 0.717) is 34.5 Å². The van der Waals surface area contributed by atoms with Crippen LogP contribution in [0.1, 0.15) is 38.1 Å². The van der Waals surface area contributed by atoms with Crippen molar-refractivity contribution in [2.24, 2.45) is 5.10 Å². The molecule has 8 nitrogen and oxygen atoms in total. The largest absolute Gasteiger partial charge is 0.479 e. The van der Waals surface area contributed by atoms with Crippen molar-refractivity contribution in [3.05, 3.63) is 62.6 Å². The SMILES string of the molecule is CCCCc1nc2ccc(Br)cc2c(=O)n1N=Cc1ccc(N(C)C)cc1O[C@H](C)C(=O)O. The van der Waals surface area contributed by atoms with Crippen LogP contribution in [0.15, 0.2) is 50.8 Å². The standard InChI is InChI=1S/C24H27BrN4O4/c1-5-6-7-22-27-20-11-9-17(25)12-19(20)23(30)29(22)26-14-16-8-10-18(28(3)4)13-21(16)33-15(2)24(31)32/h8-15H,5-7H2,1-4H3,(H,31,32)/t15-/m1/s1. The number of aryl methyl sites for hydroxylation is 1. The Labute approximate surface area is 200 Å². The van der Waals surface area contributed by atoms with Gasteiger partial charge in [-0.15, -0.1) is 0 Å². The minimum Gasteiger partial charge on any atom is -0.479 e. The third-order valence-corrected chi connectivity index (χ3v) is 5.60. The van der Waals surface area contributed by atoms with E-state index < -0.39 is 12.1 Å². The third kappa shape index (κ3) is 5.78. The van der Waals surface area contributed by atoms with Gasteiger partial charge >= 0.3 is 5.97 Å². The minimum absolute atomic E-state index is 0.269. The van der Waals surface area contributed by atoms with Crippen LogP contribution in [0.4, 0.5) is 5.69 Å². The van der Waals surface area contributed by atoms with Gasteiger partial charge in [-0.2, -0.15) is 9.78 Å². The maximum Gasteiger partial charge on any atom is 0.344 e. The summed E-state index contributed by atoms with van der Waals surface area (Å²) in [4.78, 5) is 31.1. The number of nitrogens with zero attached hydrogens (tertiary/aromatic N) is 4. The predicted octanol–water partition coefficient (Wildman–Crippen LogP) is 4.30. The summed E-state index contributed by atoms with van der Waals surface area (Å²) in [5.41, 5.74) is 1.75. The molecule has 3 aromatic rings. The Balaban J connectivity index is 2.11. The molecule has 9 heteroatoms. The molecule has 1 atom stereocenters. The van der Waals surface area contributed by atoms with E-state index in [1.165, 1.54) is 17.8 Å². The zero-order chi connectivity index (χ0) is 24.1. The molecule has 0 saturated heterocycles. The number of unbranched alkanes of at least 4 members (excludes halogenated alkanes) is 1. The maximum atomic E-state index is 13.3. The van der Waals surface area contributed by atoms with Crippen LogP contribution in [0, 0.1) is 0 Å². The smallest absolute Gasteiger partial charge is 0.344 e. The summed E-state index contributed by atoms with van der Waals surface area (Å²) < 4.78 is 7.77. The lowest BCUT2D eigenvalue weighted by molar-refractivity contribution is -0.144. The van der Waals surface area contributed by atoms with Gasteiger partial charge in [0, 0.05) is 42.3 Å². The van der Waals surface area contributed by atoms with Crippen molar-refractivity contribution in [2.75, 3.05) is 19.0 Å². The second-order valence-corrected chi connectivity index (χ2v) is 8.79. The van der Waals surface area contributed by atoms with Gasteiger partial charge in [-0.05, 0) is 43.7 Å². The average Bonchev–Trinajstić information content (AvgIpc) is 2.78. The zero-order valence-electron chi connectivity index (χ0n) is 19.1. The van der Waals surface area contributed by atoms with E-state index in [-0.39, 0.29) is 5.56 Å². The van der Waals surface area contributed by atoms with Crippen LogP contribution in [0.3, 0.4) is 0 Å². The molecule has 0 fully saturated rings. The number of rotatable bonds is 9. The number of hydrogen-bond acceptors (Lipinski definition) is 6. The molecule has 0 radical (unpaired) electrons. The van der Waals surface area contributed by atoms with E-state index in [1.54, 1.807) is 18.2 Å². The van der Waals surface area contributed by atoms with Crippen molar-refractivity contribution in [2.45, 2.75) is 39.2 Å². The fraction of sp³-hybridized carbons (Fsp3) is 0.333. The average molecular weight is 515 g/mol. The predicted molar refractivity (Wildman–Crippen MR) is 134 cm³/mol. The first-order valence-corrected chi connectivity index (χ1v) is 11.5. The lowest BCUT2D eigenvalue weighted by Crippen LogP contribution is -2.24. The highest BCUT2D eigenvalue weighted by molar-refractivity contribution is 9.10. The van der Waals surface area contributed by atoms with Crippen molar-refractivity contribution in [1.82, 2.24) is 9.66 Å². The van der Waals surface area contributed by atoms with E-state index in [9.17, 15) is 14.7 Å². The summed E-state index contributed by atoms with van der Waals surface area (Å²) in [7, 11) is 3.76. The molecule has 1 heterocycles. The summed E-state index contributed by atoms with van der Waals surface area (Å²) in [6, 6.07) is 10.8. The van der Waals surface area contributed by atoms with Crippen molar-refractivity contribution < 1.29 is 14.6 Å². The molecule has 0 unspecified atom stereocenters. The van der Waals surface area contributed by atoms with E-state index in [4.69, 9.17) is 4.74 Å². The minimum atomic E-state index is -1.07. The highest BCUT2D eigenvalue weighted by Crippen LogP contribution is 2.25. The Morgan fingerprint density at radius 3 is 2.73 bits per heavy atom. The normalized spacial score (nSPS) is 12.3. The molecule has 1 N–H and O–H groups in total. The molecule has 0 aliphatic rings. The molecule has 0 saturated carbocycles. The van der Waals surface area contributed by atoms with Gasteiger partial charge in [0.15, 0.2) is 6.10 Å². The monoisotopic (exact) mass is 514 g/mol. The van der Waals surface area contributed by atoms with Gasteiger partial charge in [0.2, 0.25) is 0 Å². The summed E-state index contributed by atoms with van der Waals surface area (Å²) in [6.45, 7) is 3.54. The number of carboxylic acid groups (broad SMARTS) is 1. The van der Waals surface area contributed by atoms with E-state index >= 15 is 0 Å². The first-order chi connectivity index (χ1) is 15.7. The van der Waals surface area contributed by atoms with Crippen LogP contribution < -0.4 is 15.2 Å². The lowest BCUT2D eigenvalue weighted by Gasteiger charge is -2.17. The lowest BCUT2D eigenvalue weighted by atomic mass is 10.2. The van der Waals surface area contributed by atoms with Crippen molar-refractivity contribution >= 4 is 44.7 Å². The van der Waals surface area contributed by atoms with Gasteiger partial charge in [0.05, 0.1) is 17.1 Å². The number of halogens is 1. The van der Waals surface area contributed by atoms with Crippen molar-refractivity contribution in [3.63, 3.8) is 0 Å². The van der Waals surface area contributed by atoms with Crippen LogP contribution in [0.2, 0.25) is 0 Å². The van der Waals surface area contributed by atoms with Gasteiger partial charge < -0.3 is 14.7 Å². The first-order valence-electron chi connectivity index (χ1n) is 10.7. The second-order valence-electron chi connectivity index (χ2n) is 7.87. The highest BCUT2D eigenvalue weighted by atomic mass is 79.9. The van der Waals surface area contributed by atoms with Crippen LogP contribution >= 0.6 is 15.9 Å². The van der Waals surface area contributed by atoms with Crippen LogP contribution in [0.5, 0.6) is 5.75 Å². The number of benzene rings is 2. The van der Waals surface area contributed by atoms with Crippen molar-refractivity contribution in [3.8, 4) is 5.75 Å². The number of hydrogen-bond donors (Lipinski definition) is 1. The van der Waals surface area contributed by atoms with E-state index in [2.05, 4.69) is 32.9 Å². The molecule has 0 bridgehead atoms. The Hall–Kier alpha value is -3.20. The van der Waals surface area contributed by atoms with Crippen molar-refractivity contribution in [1.29, 1.82) is 0 Å². The molecular formula is C24H27BrN4O4. The molecule has 1 aromatic heterocycles. The number of ether oxygens (including phenoxy) is 1. The topological polar surface area (TPSA) is 97.0 Å². The molecule has 33 heavy (non-hydrogen) atoms. The van der Waals surface area contributed by atoms with Crippen LogP contribution in [-0.4, -0.2) is 47.1 Å². The van der Waals surface area contributed by atoms with Crippen LogP contribution in [-0.2, 0) is 11.2 Å². The fourth-order valence-corrected chi connectivity index (χ4v) is 3.54. The Morgan fingerprint density at radius 2 is 2.06 bits per heavy atom. The molecular weight excluding hydrogens is 488 g/mol. The second kappa shape index (κ2) is 10.6. The van der Waals surface area contributed by atoms with E-state index in [0.717, 1.165) is 23.0 Å². The number of aromatic nitrogens is 2. The molecule has 0 amide bonds. The van der Waals surface area contributed by atoms with Gasteiger partial charge in [-0.25, -0.2) is 9.78 Å². The van der Waals surface area contributed by atoms with E-state index in [1.807, 2.05) is 37.2 Å². The third-order valence-electron chi connectivity index (χ3n) is 5.11. The number of carboxylic acids is 1. The molecule has 3 rings (SSSR count). The molecule has 0 aliphatic carbocycles. The number of fused-ring (bicyclic) bond motifs is 1. The highest BCUT2D eigenvalue weighted by Gasteiger charge is 2.16. The van der Waals surface area contributed by atoms with Gasteiger partial charge in [-0.1, -0.05) is 29.3 Å². The summed E-state index contributed by atoms with van der Waals surface area (Å²) in [6.07, 6.45) is 2.89. The Morgan fingerprint density at radius 1 is 1.30 bits per heavy atom. The van der Waals surface area contributed by atoms with Gasteiger partial charge in [-0.3, -0.25) is 4.79 Å². The molecule has 174 valence electrons. The Bertz CT molecular complexity index is 1250. The van der Waals surface area contributed by atoms with Gasteiger partial charge in [0.25, 0.3) is 5.56 Å². The number of anilines is 1. The summed E-state index contributed by atoms with van der Waals surface area (Å²) in [5.74, 6) is -0.144. The zero-order valence-corrected chi connectivity index (χ0v) is 20.7. The quantitative estimate of drug-likeness (QED) is 0.427. The summed E-state index contributed by atoms with van der Waals surface area (Å²) in [5, 5.41) is 14.2. The number of carbonyl (C=O) groups is 1. The van der Waals surface area contributed by atoms with Gasteiger partial charge in [0.1, 0.15) is 11.6 Å². The molecule has 0 spiro atoms. The first kappa shape index (κ1) is 24.4. The maximum absolute atomic E-state index is 13.3. The fourth-order valence-electron chi connectivity index (χ4n) is 3.18.